The minimum Gasteiger partial charge on any atom is -0.489 e. The second kappa shape index (κ2) is 3.08. The van der Waals surface area contributed by atoms with Gasteiger partial charge >= 0.3 is 0 Å². The van der Waals surface area contributed by atoms with Crippen LogP contribution >= 0.6 is 0 Å². The maximum absolute atomic E-state index is 12.9. The summed E-state index contributed by atoms with van der Waals surface area (Å²) in [6.45, 7) is 3.63. The maximum atomic E-state index is 12.9. The summed E-state index contributed by atoms with van der Waals surface area (Å²) in [6, 6.07) is 4.04. The summed E-state index contributed by atoms with van der Waals surface area (Å²) in [5.41, 5.74) is 0.357. The number of carbonyl (C=O) groups excluding carboxylic acids is 1. The summed E-state index contributed by atoms with van der Waals surface area (Å²) in [6.07, 6.45) is -0.138. The fourth-order valence-corrected chi connectivity index (χ4v) is 1.56. The van der Waals surface area contributed by atoms with Crippen LogP contribution in [-0.4, -0.2) is 11.9 Å². The summed E-state index contributed by atoms with van der Waals surface area (Å²) < 4.78 is 18.4. The SMILES string of the molecule is C[C@@H]1Oc2ccc(F)cc2C(=O)[C@@H]1C. The molecule has 0 bridgehead atoms. The van der Waals surface area contributed by atoms with E-state index in [1.165, 1.54) is 18.2 Å². The van der Waals surface area contributed by atoms with E-state index in [1.807, 2.05) is 6.92 Å². The molecule has 0 aromatic heterocycles. The van der Waals surface area contributed by atoms with Crippen LogP contribution in [0.2, 0.25) is 0 Å². The Morgan fingerprint density at radius 2 is 2.07 bits per heavy atom. The Bertz CT molecular complexity index is 387. The first kappa shape index (κ1) is 9.19. The van der Waals surface area contributed by atoms with Crippen molar-refractivity contribution < 1.29 is 13.9 Å². The molecule has 1 aromatic rings. The third-order valence-corrected chi connectivity index (χ3v) is 2.64. The predicted molar refractivity (Wildman–Crippen MR) is 50.0 cm³/mol. The summed E-state index contributed by atoms with van der Waals surface area (Å²) in [4.78, 5) is 11.7. The van der Waals surface area contributed by atoms with Crippen molar-refractivity contribution in [1.29, 1.82) is 0 Å². The molecular weight excluding hydrogens is 183 g/mol. The van der Waals surface area contributed by atoms with Crippen molar-refractivity contribution in [3.05, 3.63) is 29.6 Å². The van der Waals surface area contributed by atoms with Crippen LogP contribution in [0.25, 0.3) is 0 Å². The van der Waals surface area contributed by atoms with E-state index in [4.69, 9.17) is 4.74 Å². The number of ether oxygens (including phenoxy) is 1. The van der Waals surface area contributed by atoms with Crippen LogP contribution in [0.1, 0.15) is 24.2 Å². The van der Waals surface area contributed by atoms with E-state index in [0.29, 0.717) is 11.3 Å². The van der Waals surface area contributed by atoms with Crippen LogP contribution in [0.4, 0.5) is 4.39 Å². The van der Waals surface area contributed by atoms with Gasteiger partial charge in [0.15, 0.2) is 5.78 Å². The van der Waals surface area contributed by atoms with Crippen molar-refractivity contribution in [3.63, 3.8) is 0 Å². The van der Waals surface area contributed by atoms with E-state index in [0.717, 1.165) is 0 Å². The molecule has 0 saturated carbocycles. The average Bonchev–Trinajstić information content (AvgIpc) is 2.16. The molecule has 74 valence electrons. The lowest BCUT2D eigenvalue weighted by Crippen LogP contribution is -2.33. The minimum absolute atomic E-state index is 0.0433. The van der Waals surface area contributed by atoms with E-state index in [2.05, 4.69) is 0 Å². The molecule has 14 heavy (non-hydrogen) atoms. The number of ketones is 1. The van der Waals surface area contributed by atoms with Crippen LogP contribution in [0.3, 0.4) is 0 Å². The van der Waals surface area contributed by atoms with Crippen LogP contribution in [0.15, 0.2) is 18.2 Å². The van der Waals surface area contributed by atoms with Crippen LogP contribution in [-0.2, 0) is 0 Å². The molecule has 0 N–H and O–H groups in total. The Morgan fingerprint density at radius 1 is 1.36 bits per heavy atom. The fraction of sp³-hybridized carbons (Fsp3) is 0.364. The van der Waals surface area contributed by atoms with Gasteiger partial charge in [-0.05, 0) is 25.1 Å². The first-order chi connectivity index (χ1) is 6.59. The molecule has 0 fully saturated rings. The number of Topliss-reactive ketones (excluding diaryl/α,β-unsaturated/α-hetero) is 1. The normalized spacial score (nSPS) is 25.5. The zero-order valence-electron chi connectivity index (χ0n) is 8.08. The van der Waals surface area contributed by atoms with E-state index in [-0.39, 0.29) is 17.8 Å². The second-order valence-corrected chi connectivity index (χ2v) is 3.62. The van der Waals surface area contributed by atoms with Gasteiger partial charge in [-0.2, -0.15) is 0 Å². The largest absolute Gasteiger partial charge is 0.489 e. The molecular formula is C11H11FO2. The first-order valence-corrected chi connectivity index (χ1v) is 4.60. The van der Waals surface area contributed by atoms with Gasteiger partial charge < -0.3 is 4.74 Å². The molecule has 3 heteroatoms. The zero-order valence-corrected chi connectivity index (χ0v) is 8.08. The van der Waals surface area contributed by atoms with Gasteiger partial charge in [0.05, 0.1) is 11.5 Å². The first-order valence-electron chi connectivity index (χ1n) is 4.60. The molecule has 2 atom stereocenters. The molecule has 0 aliphatic carbocycles. The Morgan fingerprint density at radius 3 is 2.79 bits per heavy atom. The standard InChI is InChI=1S/C11H11FO2/c1-6-7(2)14-10-4-3-8(12)5-9(10)11(6)13/h3-7H,1-2H3/t6-,7+/m1/s1. The molecule has 0 spiro atoms. The monoisotopic (exact) mass is 194 g/mol. The molecule has 2 nitrogen and oxygen atoms in total. The topological polar surface area (TPSA) is 26.3 Å². The molecule has 0 amide bonds. The maximum Gasteiger partial charge on any atom is 0.173 e. The van der Waals surface area contributed by atoms with Gasteiger partial charge in [-0.1, -0.05) is 6.92 Å². The molecule has 1 aliphatic heterocycles. The van der Waals surface area contributed by atoms with Crippen molar-refractivity contribution in [2.24, 2.45) is 5.92 Å². The van der Waals surface area contributed by atoms with Crippen molar-refractivity contribution in [3.8, 4) is 5.75 Å². The van der Waals surface area contributed by atoms with E-state index < -0.39 is 5.82 Å². The number of rotatable bonds is 0. The minimum atomic E-state index is -0.401. The van der Waals surface area contributed by atoms with Crippen molar-refractivity contribution in [2.75, 3.05) is 0 Å². The summed E-state index contributed by atoms with van der Waals surface area (Å²) >= 11 is 0. The number of carbonyl (C=O) groups is 1. The second-order valence-electron chi connectivity index (χ2n) is 3.62. The molecule has 2 rings (SSSR count). The molecule has 0 radical (unpaired) electrons. The number of hydrogen-bond donors (Lipinski definition) is 0. The summed E-state index contributed by atoms with van der Waals surface area (Å²) in [5.74, 6) is -0.160. The lowest BCUT2D eigenvalue weighted by atomic mass is 9.91. The number of halogens is 1. The smallest absolute Gasteiger partial charge is 0.173 e. The third kappa shape index (κ3) is 1.29. The Labute approximate surface area is 81.7 Å². The van der Waals surface area contributed by atoms with Gasteiger partial charge in [-0.3, -0.25) is 4.79 Å². The lowest BCUT2D eigenvalue weighted by Gasteiger charge is -2.27. The van der Waals surface area contributed by atoms with Gasteiger partial charge in [-0.25, -0.2) is 4.39 Å². The predicted octanol–water partition coefficient (Wildman–Crippen LogP) is 2.43. The van der Waals surface area contributed by atoms with Crippen LogP contribution in [0, 0.1) is 11.7 Å². The van der Waals surface area contributed by atoms with E-state index in [1.54, 1.807) is 6.92 Å². The Balaban J connectivity index is 2.51. The third-order valence-electron chi connectivity index (χ3n) is 2.64. The highest BCUT2D eigenvalue weighted by Crippen LogP contribution is 2.30. The lowest BCUT2D eigenvalue weighted by molar-refractivity contribution is 0.0729. The number of hydrogen-bond acceptors (Lipinski definition) is 2. The Kier molecular flexibility index (Phi) is 2.02. The fourth-order valence-electron chi connectivity index (χ4n) is 1.56. The average molecular weight is 194 g/mol. The van der Waals surface area contributed by atoms with Gasteiger partial charge in [0.1, 0.15) is 17.7 Å². The van der Waals surface area contributed by atoms with Crippen LogP contribution in [0.5, 0.6) is 5.75 Å². The molecule has 1 aliphatic rings. The molecule has 0 saturated heterocycles. The van der Waals surface area contributed by atoms with Crippen molar-refractivity contribution in [1.82, 2.24) is 0 Å². The van der Waals surface area contributed by atoms with Gasteiger partial charge in [0.2, 0.25) is 0 Å². The molecule has 1 aromatic carbocycles. The summed E-state index contributed by atoms with van der Waals surface area (Å²) in [5, 5.41) is 0. The highest BCUT2D eigenvalue weighted by Gasteiger charge is 2.31. The molecule has 0 unspecified atom stereocenters. The van der Waals surface area contributed by atoms with Crippen molar-refractivity contribution >= 4 is 5.78 Å². The zero-order chi connectivity index (χ0) is 10.3. The summed E-state index contributed by atoms with van der Waals surface area (Å²) in [7, 11) is 0. The Hall–Kier alpha value is -1.38. The number of fused-ring (bicyclic) bond motifs is 1. The highest BCUT2D eigenvalue weighted by atomic mass is 19.1. The number of benzene rings is 1. The van der Waals surface area contributed by atoms with Gasteiger partial charge in [-0.15, -0.1) is 0 Å². The van der Waals surface area contributed by atoms with Crippen molar-refractivity contribution in [2.45, 2.75) is 20.0 Å². The van der Waals surface area contributed by atoms with E-state index >= 15 is 0 Å². The highest BCUT2D eigenvalue weighted by molar-refractivity contribution is 6.01. The van der Waals surface area contributed by atoms with E-state index in [9.17, 15) is 9.18 Å². The van der Waals surface area contributed by atoms with Gasteiger partial charge in [0, 0.05) is 0 Å². The quantitative estimate of drug-likeness (QED) is 0.634. The molecule has 1 heterocycles. The van der Waals surface area contributed by atoms with Crippen LogP contribution < -0.4 is 4.74 Å². The van der Waals surface area contributed by atoms with Gasteiger partial charge in [0.25, 0.3) is 0 Å².